The number of nitrogen functional groups attached to an aromatic ring is 2. The number of hydrogen-bond acceptors (Lipinski definition) is 17. The minimum Gasteiger partial charge on any atom is -0.387 e. The number of aromatic amines is 1. The SMILES string of the molecule is CC1C=CN([C@@H]2O[C@@H]3COP(O)(=S)OC4C(O)C(COP(=O)(O)OC3C2F)OC4n2cnc3c(=O)[nH]c(N)nc32)c2ncnc(N)c21. The maximum atomic E-state index is 16.2. The Morgan fingerprint density at radius 1 is 1.09 bits per heavy atom. The summed E-state index contributed by atoms with van der Waals surface area (Å²) in [4.78, 5) is 54.0. The van der Waals surface area contributed by atoms with Crippen LogP contribution < -0.4 is 21.9 Å². The summed E-state index contributed by atoms with van der Waals surface area (Å²) in [5.74, 6) is -0.0487. The molecule has 0 aromatic carbocycles. The van der Waals surface area contributed by atoms with Gasteiger partial charge in [0.05, 0.1) is 19.5 Å². The topological polar surface area (TPSA) is 278 Å². The van der Waals surface area contributed by atoms with Gasteiger partial charge in [-0.05, 0) is 11.8 Å². The quantitative estimate of drug-likeness (QED) is 0.185. The molecule has 11 atom stereocenters. The van der Waals surface area contributed by atoms with E-state index in [-0.39, 0.29) is 34.7 Å². The number of nitrogens with two attached hydrogens (primary N) is 2. The highest BCUT2D eigenvalue weighted by molar-refractivity contribution is 8.07. The van der Waals surface area contributed by atoms with Gasteiger partial charge in [-0.1, -0.05) is 13.0 Å². The maximum Gasteiger partial charge on any atom is 0.472 e. The van der Waals surface area contributed by atoms with Crippen molar-refractivity contribution in [1.82, 2.24) is 29.5 Å². The Labute approximate surface area is 268 Å². The fourth-order valence-electron chi connectivity index (χ4n) is 5.84. The van der Waals surface area contributed by atoms with E-state index in [9.17, 15) is 24.3 Å². The average Bonchev–Trinajstić information content (AvgIpc) is 3.65. The molecule has 4 aliphatic heterocycles. The summed E-state index contributed by atoms with van der Waals surface area (Å²) in [5.41, 5.74) is 11.4. The number of imidazole rings is 1. The van der Waals surface area contributed by atoms with E-state index in [0.717, 1.165) is 6.33 Å². The molecule has 2 bridgehead atoms. The number of rotatable bonds is 2. The minimum absolute atomic E-state index is 0.0694. The van der Waals surface area contributed by atoms with Gasteiger partial charge in [-0.2, -0.15) is 4.98 Å². The number of halogens is 1. The number of H-pyrrole nitrogens is 1. The molecule has 3 aromatic heterocycles. The van der Waals surface area contributed by atoms with Crippen molar-refractivity contribution in [3.63, 3.8) is 0 Å². The van der Waals surface area contributed by atoms with Crippen molar-refractivity contribution in [2.24, 2.45) is 0 Å². The Hall–Kier alpha value is -2.98. The lowest BCUT2D eigenvalue weighted by Gasteiger charge is -2.33. The molecule has 7 heterocycles. The number of phosphoric ester groups is 1. The van der Waals surface area contributed by atoms with Gasteiger partial charge in [-0.3, -0.25) is 27.9 Å². The molecule has 7 rings (SSSR count). The number of aliphatic hydroxyl groups is 1. The van der Waals surface area contributed by atoms with Gasteiger partial charge in [0.25, 0.3) is 5.56 Å². The number of nitrogens with one attached hydrogen (secondary N) is 1. The molecule has 24 heteroatoms. The number of aromatic nitrogens is 6. The fourth-order valence-corrected chi connectivity index (χ4v) is 8.21. The van der Waals surface area contributed by atoms with E-state index >= 15 is 4.39 Å². The van der Waals surface area contributed by atoms with Crippen molar-refractivity contribution in [1.29, 1.82) is 0 Å². The van der Waals surface area contributed by atoms with Gasteiger partial charge >= 0.3 is 14.5 Å². The zero-order chi connectivity index (χ0) is 33.4. The first-order valence-electron chi connectivity index (χ1n) is 14.0. The number of alkyl halides is 1. The van der Waals surface area contributed by atoms with E-state index in [2.05, 4.69) is 24.9 Å². The van der Waals surface area contributed by atoms with Crippen molar-refractivity contribution in [3.05, 3.63) is 40.8 Å². The van der Waals surface area contributed by atoms with Crippen LogP contribution in [0.4, 0.5) is 22.0 Å². The zero-order valence-corrected chi connectivity index (χ0v) is 26.7. The van der Waals surface area contributed by atoms with Crippen LogP contribution in [-0.4, -0.2) is 101 Å². The Bertz CT molecular complexity index is 1900. The lowest BCUT2D eigenvalue weighted by Crippen LogP contribution is -2.41. The van der Waals surface area contributed by atoms with E-state index in [1.165, 1.54) is 22.0 Å². The van der Waals surface area contributed by atoms with Gasteiger partial charge in [0.15, 0.2) is 29.8 Å². The normalized spacial score (nSPS) is 39.2. The van der Waals surface area contributed by atoms with Crippen molar-refractivity contribution in [2.75, 3.05) is 29.6 Å². The molecule has 254 valence electrons. The van der Waals surface area contributed by atoms with Crippen molar-refractivity contribution in [2.45, 2.75) is 62.0 Å². The number of phosphoric acid groups is 1. The second kappa shape index (κ2) is 11.9. The summed E-state index contributed by atoms with van der Waals surface area (Å²) >= 11 is 5.22. The number of allylic oxidation sites excluding steroid dienone is 1. The van der Waals surface area contributed by atoms with Gasteiger partial charge in [0.1, 0.15) is 48.5 Å². The van der Waals surface area contributed by atoms with Crippen LogP contribution in [0.5, 0.6) is 0 Å². The van der Waals surface area contributed by atoms with Gasteiger partial charge in [-0.15, -0.1) is 0 Å². The van der Waals surface area contributed by atoms with E-state index in [1.54, 1.807) is 6.08 Å². The largest absolute Gasteiger partial charge is 0.472 e. The summed E-state index contributed by atoms with van der Waals surface area (Å²) in [6.45, 7) is -3.96. The number of nitrogens with zero attached hydrogens (tertiary/aromatic N) is 6. The van der Waals surface area contributed by atoms with Crippen LogP contribution in [0.3, 0.4) is 0 Å². The van der Waals surface area contributed by atoms with E-state index in [0.29, 0.717) is 5.56 Å². The molecule has 0 aliphatic carbocycles. The molecule has 20 nitrogen and oxygen atoms in total. The number of hydrogen-bond donors (Lipinski definition) is 6. The van der Waals surface area contributed by atoms with Crippen molar-refractivity contribution >= 4 is 55.1 Å². The number of fused-ring (bicyclic) bond motifs is 5. The van der Waals surface area contributed by atoms with Crippen molar-refractivity contribution < 1.29 is 51.4 Å². The van der Waals surface area contributed by atoms with Gasteiger partial charge in [0, 0.05) is 17.7 Å². The van der Waals surface area contributed by atoms with Crippen LogP contribution in [0.1, 0.15) is 24.6 Å². The molecule has 3 fully saturated rings. The monoisotopic (exact) mass is 719 g/mol. The molecular formula is C23H28FN9O11P2S. The van der Waals surface area contributed by atoms with Gasteiger partial charge in [-0.25, -0.2) is 23.9 Å². The van der Waals surface area contributed by atoms with Crippen LogP contribution >= 0.6 is 14.5 Å². The predicted molar refractivity (Wildman–Crippen MR) is 160 cm³/mol. The first-order valence-corrected chi connectivity index (χ1v) is 18.1. The number of ether oxygens (including phenoxy) is 2. The van der Waals surface area contributed by atoms with Crippen molar-refractivity contribution in [3.8, 4) is 0 Å². The third-order valence-corrected chi connectivity index (χ3v) is 10.6. The van der Waals surface area contributed by atoms with Crippen LogP contribution in [0, 0.1) is 0 Å². The summed E-state index contributed by atoms with van der Waals surface area (Å²) in [5, 5.41) is 11.1. The van der Waals surface area contributed by atoms with E-state index in [1.807, 2.05) is 6.92 Å². The molecule has 8 N–H and O–H groups in total. The smallest absolute Gasteiger partial charge is 0.387 e. The second-order valence-electron chi connectivity index (χ2n) is 11.0. The maximum absolute atomic E-state index is 16.2. The van der Waals surface area contributed by atoms with Gasteiger partial charge in [0.2, 0.25) is 5.95 Å². The molecule has 47 heavy (non-hydrogen) atoms. The standard InChI is InChI=1S/C23H28FN9O11P2S/c1-8-2-3-32(18-11(8)17(25)27-6-28-18)21-12(24)15-10(42-21)5-40-46(38,47)44-16-14(34)9(4-39-45(36,37)43-15)41-22(16)33-7-29-13-19(33)30-23(26)31-20(13)35/h2-3,6-10,12,14-16,21-22,34H,4-5H2,1H3,(H,36,37)(H,38,47)(H2,25,27,28)(H3,26,30,31,35)/t8?,9?,10-,12?,14?,15?,16?,21-,22?,46?/m1/s1. The Morgan fingerprint density at radius 2 is 1.83 bits per heavy atom. The summed E-state index contributed by atoms with van der Waals surface area (Å²) in [6, 6.07) is 0. The zero-order valence-electron chi connectivity index (χ0n) is 24.0. The third kappa shape index (κ3) is 5.87. The lowest BCUT2D eigenvalue weighted by molar-refractivity contribution is -0.0599. The molecule has 3 saturated heterocycles. The third-order valence-electron chi connectivity index (χ3n) is 8.02. The highest BCUT2D eigenvalue weighted by atomic mass is 32.5. The summed E-state index contributed by atoms with van der Waals surface area (Å²) in [6.07, 6.45) is -7.20. The molecule has 0 spiro atoms. The van der Waals surface area contributed by atoms with E-state index in [4.69, 9.17) is 50.8 Å². The molecule has 0 amide bonds. The van der Waals surface area contributed by atoms with Crippen LogP contribution in [0.15, 0.2) is 29.7 Å². The second-order valence-corrected chi connectivity index (χ2v) is 15.2. The molecule has 9 unspecified atom stereocenters. The first kappa shape index (κ1) is 32.6. The summed E-state index contributed by atoms with van der Waals surface area (Å²) in [7, 11) is -5.10. The molecule has 0 saturated carbocycles. The fraction of sp³-hybridized carbons (Fsp3) is 0.522. The number of anilines is 3. The summed E-state index contributed by atoms with van der Waals surface area (Å²) < 4.78 is 64.0. The predicted octanol–water partition coefficient (Wildman–Crippen LogP) is -0.333. The van der Waals surface area contributed by atoms with Crippen LogP contribution in [-0.2, 0) is 43.9 Å². The highest BCUT2D eigenvalue weighted by Crippen LogP contribution is 2.54. The highest BCUT2D eigenvalue weighted by Gasteiger charge is 2.55. The number of aliphatic hydroxyl groups excluding tert-OH is 1. The molecule has 4 aliphatic rings. The van der Waals surface area contributed by atoms with Gasteiger partial charge < -0.3 is 45.3 Å². The molecular weight excluding hydrogens is 691 g/mol. The van der Waals surface area contributed by atoms with E-state index < -0.39 is 82.5 Å². The molecule has 0 radical (unpaired) electrons. The molecule has 3 aromatic rings. The average molecular weight is 720 g/mol. The van der Waals surface area contributed by atoms with Crippen LogP contribution in [0.25, 0.3) is 11.2 Å². The Balaban J connectivity index is 1.19. The first-order chi connectivity index (χ1) is 22.2. The Morgan fingerprint density at radius 3 is 2.62 bits per heavy atom. The van der Waals surface area contributed by atoms with Crippen LogP contribution in [0.2, 0.25) is 0 Å². The Kier molecular flexibility index (Phi) is 8.22. The lowest BCUT2D eigenvalue weighted by atomic mass is 9.98. The minimum atomic E-state index is -5.10.